The number of carbonyl (C=O) groups is 1. The van der Waals surface area contributed by atoms with Gasteiger partial charge < -0.3 is 10.6 Å². The van der Waals surface area contributed by atoms with E-state index < -0.39 is 0 Å². The third-order valence-electron chi connectivity index (χ3n) is 1.96. The van der Waals surface area contributed by atoms with E-state index in [1.165, 1.54) is 11.3 Å². The summed E-state index contributed by atoms with van der Waals surface area (Å²) in [5.41, 5.74) is 2.75. The number of thiazole rings is 1. The SMILES string of the molecule is CC(C)(C)NCCC(=O)NCc1cscn1. The molecule has 0 aliphatic carbocycles. The Bertz CT molecular complexity index is 316. The summed E-state index contributed by atoms with van der Waals surface area (Å²) in [4.78, 5) is 15.5. The molecular formula is C11H19N3OS. The van der Waals surface area contributed by atoms with Crippen LogP contribution in [0.3, 0.4) is 0 Å². The van der Waals surface area contributed by atoms with E-state index in [0.717, 1.165) is 5.69 Å². The highest BCUT2D eigenvalue weighted by Crippen LogP contribution is 2.00. The Labute approximate surface area is 100 Å². The van der Waals surface area contributed by atoms with Gasteiger partial charge in [0.25, 0.3) is 0 Å². The summed E-state index contributed by atoms with van der Waals surface area (Å²) in [6.07, 6.45) is 0.501. The fourth-order valence-electron chi connectivity index (χ4n) is 1.15. The van der Waals surface area contributed by atoms with E-state index in [0.29, 0.717) is 19.5 Å². The average molecular weight is 241 g/mol. The molecule has 1 rings (SSSR count). The Morgan fingerprint density at radius 3 is 2.81 bits per heavy atom. The fourth-order valence-corrected chi connectivity index (χ4v) is 1.71. The molecule has 1 heterocycles. The molecule has 1 aromatic heterocycles. The summed E-state index contributed by atoms with van der Waals surface area (Å²) < 4.78 is 0. The summed E-state index contributed by atoms with van der Waals surface area (Å²) in [6.45, 7) is 7.48. The maximum atomic E-state index is 11.4. The minimum absolute atomic E-state index is 0.0600. The second-order valence-electron chi connectivity index (χ2n) is 4.68. The Kier molecular flexibility index (Phi) is 4.89. The first kappa shape index (κ1) is 13.1. The second-order valence-corrected chi connectivity index (χ2v) is 5.40. The van der Waals surface area contributed by atoms with Crippen LogP contribution in [0.15, 0.2) is 10.9 Å². The number of hydrogen-bond donors (Lipinski definition) is 2. The van der Waals surface area contributed by atoms with Crippen molar-refractivity contribution in [3.05, 3.63) is 16.6 Å². The first-order chi connectivity index (χ1) is 7.47. The lowest BCUT2D eigenvalue weighted by atomic mass is 10.1. The molecule has 0 fully saturated rings. The molecular weight excluding hydrogens is 222 g/mol. The van der Waals surface area contributed by atoms with Gasteiger partial charge in [-0.05, 0) is 20.8 Å². The summed E-state index contributed by atoms with van der Waals surface area (Å²) in [5, 5.41) is 8.05. The zero-order valence-corrected chi connectivity index (χ0v) is 10.9. The number of aromatic nitrogens is 1. The van der Waals surface area contributed by atoms with Crippen molar-refractivity contribution >= 4 is 17.2 Å². The van der Waals surface area contributed by atoms with E-state index in [1.54, 1.807) is 5.51 Å². The minimum atomic E-state index is 0.0600. The summed E-state index contributed by atoms with van der Waals surface area (Å²) in [7, 11) is 0. The Balaban J connectivity index is 2.12. The topological polar surface area (TPSA) is 54.0 Å². The van der Waals surface area contributed by atoms with E-state index >= 15 is 0 Å². The van der Waals surface area contributed by atoms with Crippen LogP contribution in [0, 0.1) is 0 Å². The van der Waals surface area contributed by atoms with Crippen LogP contribution in [0.1, 0.15) is 32.9 Å². The van der Waals surface area contributed by atoms with E-state index in [-0.39, 0.29) is 11.4 Å². The zero-order valence-electron chi connectivity index (χ0n) is 10.0. The molecule has 0 bridgehead atoms. The third kappa shape index (κ3) is 5.82. The van der Waals surface area contributed by atoms with Crippen molar-refractivity contribution in [1.82, 2.24) is 15.6 Å². The van der Waals surface area contributed by atoms with Crippen LogP contribution in [0.5, 0.6) is 0 Å². The molecule has 2 N–H and O–H groups in total. The maximum absolute atomic E-state index is 11.4. The quantitative estimate of drug-likeness (QED) is 0.822. The molecule has 0 spiro atoms. The second kappa shape index (κ2) is 5.96. The number of hydrogen-bond acceptors (Lipinski definition) is 4. The molecule has 4 nitrogen and oxygen atoms in total. The van der Waals surface area contributed by atoms with Crippen molar-refractivity contribution < 1.29 is 4.79 Å². The van der Waals surface area contributed by atoms with Gasteiger partial charge in [-0.25, -0.2) is 4.98 Å². The predicted octanol–water partition coefficient (Wildman–Crippen LogP) is 1.54. The Morgan fingerprint density at radius 1 is 1.50 bits per heavy atom. The smallest absolute Gasteiger partial charge is 0.221 e. The van der Waals surface area contributed by atoms with E-state index in [4.69, 9.17) is 0 Å². The van der Waals surface area contributed by atoms with Gasteiger partial charge in [0, 0.05) is 23.9 Å². The van der Waals surface area contributed by atoms with Gasteiger partial charge in [0.2, 0.25) is 5.91 Å². The van der Waals surface area contributed by atoms with E-state index in [9.17, 15) is 4.79 Å². The number of nitrogens with zero attached hydrogens (tertiary/aromatic N) is 1. The number of rotatable bonds is 5. The van der Waals surface area contributed by atoms with Crippen LogP contribution in [-0.4, -0.2) is 23.0 Å². The van der Waals surface area contributed by atoms with Crippen molar-refractivity contribution in [3.63, 3.8) is 0 Å². The molecule has 0 saturated heterocycles. The van der Waals surface area contributed by atoms with Gasteiger partial charge in [-0.2, -0.15) is 0 Å². The van der Waals surface area contributed by atoms with Crippen LogP contribution < -0.4 is 10.6 Å². The van der Waals surface area contributed by atoms with Crippen molar-refractivity contribution in [2.45, 2.75) is 39.3 Å². The number of nitrogens with one attached hydrogen (secondary N) is 2. The highest BCUT2D eigenvalue weighted by Gasteiger charge is 2.09. The van der Waals surface area contributed by atoms with Gasteiger partial charge in [-0.15, -0.1) is 11.3 Å². The fraction of sp³-hybridized carbons (Fsp3) is 0.636. The largest absolute Gasteiger partial charge is 0.350 e. The molecule has 0 atom stereocenters. The van der Waals surface area contributed by atoms with Crippen molar-refractivity contribution in [1.29, 1.82) is 0 Å². The first-order valence-corrected chi connectivity index (χ1v) is 6.30. The molecule has 0 unspecified atom stereocenters. The highest BCUT2D eigenvalue weighted by atomic mass is 32.1. The van der Waals surface area contributed by atoms with Gasteiger partial charge >= 0.3 is 0 Å². The van der Waals surface area contributed by atoms with Crippen LogP contribution in [0.2, 0.25) is 0 Å². The predicted molar refractivity (Wildman–Crippen MR) is 66.3 cm³/mol. The molecule has 0 saturated carbocycles. The highest BCUT2D eigenvalue weighted by molar-refractivity contribution is 7.07. The maximum Gasteiger partial charge on any atom is 0.221 e. The monoisotopic (exact) mass is 241 g/mol. The zero-order chi connectivity index (χ0) is 12.0. The van der Waals surface area contributed by atoms with Crippen molar-refractivity contribution in [2.75, 3.05) is 6.54 Å². The lowest BCUT2D eigenvalue weighted by Gasteiger charge is -2.20. The van der Waals surface area contributed by atoms with Gasteiger partial charge in [-0.1, -0.05) is 0 Å². The van der Waals surface area contributed by atoms with E-state index in [2.05, 4.69) is 36.4 Å². The van der Waals surface area contributed by atoms with Crippen molar-refractivity contribution in [3.8, 4) is 0 Å². The van der Waals surface area contributed by atoms with Crippen LogP contribution in [-0.2, 0) is 11.3 Å². The summed E-state index contributed by atoms with van der Waals surface area (Å²) in [5.74, 6) is 0.0600. The Hall–Kier alpha value is -0.940. The normalized spacial score (nSPS) is 11.4. The molecule has 0 aliphatic rings. The third-order valence-corrected chi connectivity index (χ3v) is 2.59. The van der Waals surface area contributed by atoms with Crippen LogP contribution >= 0.6 is 11.3 Å². The van der Waals surface area contributed by atoms with Gasteiger partial charge in [-0.3, -0.25) is 4.79 Å². The lowest BCUT2D eigenvalue weighted by molar-refractivity contribution is -0.121. The summed E-state index contributed by atoms with van der Waals surface area (Å²) in [6, 6.07) is 0. The summed E-state index contributed by atoms with van der Waals surface area (Å²) >= 11 is 1.54. The van der Waals surface area contributed by atoms with Gasteiger partial charge in [0.05, 0.1) is 17.7 Å². The molecule has 0 aromatic carbocycles. The van der Waals surface area contributed by atoms with Crippen LogP contribution in [0.4, 0.5) is 0 Å². The lowest BCUT2D eigenvalue weighted by Crippen LogP contribution is -2.38. The number of amides is 1. The van der Waals surface area contributed by atoms with Crippen LogP contribution in [0.25, 0.3) is 0 Å². The molecule has 5 heteroatoms. The van der Waals surface area contributed by atoms with Gasteiger partial charge in [0.15, 0.2) is 0 Å². The standard InChI is InChI=1S/C11H19N3OS/c1-11(2,3)14-5-4-10(15)12-6-9-7-16-8-13-9/h7-8,14H,4-6H2,1-3H3,(H,12,15). The molecule has 0 aliphatic heterocycles. The van der Waals surface area contributed by atoms with Crippen molar-refractivity contribution in [2.24, 2.45) is 0 Å². The molecule has 90 valence electrons. The first-order valence-electron chi connectivity index (χ1n) is 5.36. The Morgan fingerprint density at radius 2 is 2.25 bits per heavy atom. The molecule has 0 radical (unpaired) electrons. The minimum Gasteiger partial charge on any atom is -0.350 e. The van der Waals surface area contributed by atoms with Gasteiger partial charge in [0.1, 0.15) is 0 Å². The van der Waals surface area contributed by atoms with E-state index in [1.807, 2.05) is 5.38 Å². The molecule has 16 heavy (non-hydrogen) atoms. The average Bonchev–Trinajstić information content (AvgIpc) is 2.65. The molecule has 1 amide bonds. The number of carbonyl (C=O) groups excluding carboxylic acids is 1. The molecule has 1 aromatic rings.